The quantitative estimate of drug-likeness (QED) is 0.820. The number of aromatic amines is 1. The van der Waals surface area contributed by atoms with Gasteiger partial charge in [-0.3, -0.25) is 4.79 Å². The molecule has 2 heteroatoms. The summed E-state index contributed by atoms with van der Waals surface area (Å²) in [6.45, 7) is 6.09. The second-order valence-electron chi connectivity index (χ2n) is 4.36. The highest BCUT2D eigenvalue weighted by Gasteiger charge is 2.08. The Labute approximate surface area is 95.3 Å². The molecule has 0 saturated carbocycles. The van der Waals surface area contributed by atoms with Crippen LogP contribution in [-0.4, -0.2) is 4.98 Å². The summed E-state index contributed by atoms with van der Waals surface area (Å²) in [6, 6.07) is 5.97. The highest BCUT2D eigenvalue weighted by Crippen LogP contribution is 2.13. The number of H-pyrrole nitrogens is 1. The van der Waals surface area contributed by atoms with Gasteiger partial charge in [-0.2, -0.15) is 0 Å². The summed E-state index contributed by atoms with van der Waals surface area (Å²) in [5.41, 5.74) is 4.19. The topological polar surface area (TPSA) is 32.9 Å². The van der Waals surface area contributed by atoms with Crippen molar-refractivity contribution in [3.8, 4) is 0 Å². The Morgan fingerprint density at radius 2 is 2.00 bits per heavy atom. The molecule has 1 aromatic carbocycles. The van der Waals surface area contributed by atoms with Crippen LogP contribution in [0.3, 0.4) is 0 Å². The molecule has 0 amide bonds. The van der Waals surface area contributed by atoms with Crippen molar-refractivity contribution < 1.29 is 0 Å². The Morgan fingerprint density at radius 3 is 2.69 bits per heavy atom. The number of hydrogen-bond acceptors (Lipinski definition) is 1. The first kappa shape index (κ1) is 10.9. The zero-order valence-corrected chi connectivity index (χ0v) is 10.1. The van der Waals surface area contributed by atoms with Crippen molar-refractivity contribution in [3.05, 3.63) is 45.2 Å². The third-order valence-corrected chi connectivity index (χ3v) is 2.97. The van der Waals surface area contributed by atoms with E-state index in [0.717, 1.165) is 40.6 Å². The van der Waals surface area contributed by atoms with Gasteiger partial charge in [-0.1, -0.05) is 25.0 Å². The van der Waals surface area contributed by atoms with Crippen LogP contribution < -0.4 is 5.43 Å². The van der Waals surface area contributed by atoms with Crippen LogP contribution in [0.25, 0.3) is 10.9 Å². The predicted molar refractivity (Wildman–Crippen MR) is 68.0 cm³/mol. The first-order chi connectivity index (χ1) is 7.63. The second kappa shape index (κ2) is 4.12. The molecule has 0 spiro atoms. The number of aromatic nitrogens is 1. The van der Waals surface area contributed by atoms with E-state index in [1.54, 1.807) is 0 Å². The molecule has 0 aliphatic rings. The van der Waals surface area contributed by atoms with Gasteiger partial charge in [0.15, 0.2) is 5.43 Å². The lowest BCUT2D eigenvalue weighted by atomic mass is 10.0. The van der Waals surface area contributed by atoms with Crippen LogP contribution >= 0.6 is 0 Å². The van der Waals surface area contributed by atoms with Gasteiger partial charge in [0.25, 0.3) is 0 Å². The molecule has 0 bridgehead atoms. The van der Waals surface area contributed by atoms with Crippen molar-refractivity contribution in [1.29, 1.82) is 0 Å². The molecule has 0 aliphatic carbocycles. The van der Waals surface area contributed by atoms with Crippen LogP contribution in [0.1, 0.15) is 30.2 Å². The summed E-state index contributed by atoms with van der Waals surface area (Å²) < 4.78 is 0. The van der Waals surface area contributed by atoms with E-state index < -0.39 is 0 Å². The molecule has 1 aromatic heterocycles. The number of nitrogens with one attached hydrogen (secondary N) is 1. The van der Waals surface area contributed by atoms with Gasteiger partial charge in [0.05, 0.1) is 0 Å². The van der Waals surface area contributed by atoms with Crippen LogP contribution in [0, 0.1) is 13.8 Å². The molecule has 0 atom stereocenters. The fourth-order valence-electron chi connectivity index (χ4n) is 2.12. The molecule has 2 aromatic rings. The summed E-state index contributed by atoms with van der Waals surface area (Å²) in [5, 5.41) is 0.814. The van der Waals surface area contributed by atoms with E-state index in [2.05, 4.69) is 11.9 Å². The molecule has 1 heterocycles. The van der Waals surface area contributed by atoms with Gasteiger partial charge >= 0.3 is 0 Å². The van der Waals surface area contributed by atoms with Crippen molar-refractivity contribution in [2.45, 2.75) is 33.6 Å². The van der Waals surface area contributed by atoms with Crippen LogP contribution in [0.5, 0.6) is 0 Å². The number of aryl methyl sites for hydroxylation is 2. The lowest BCUT2D eigenvalue weighted by molar-refractivity contribution is 0.895. The van der Waals surface area contributed by atoms with Crippen molar-refractivity contribution in [1.82, 2.24) is 4.98 Å². The maximum atomic E-state index is 12.3. The Kier molecular flexibility index (Phi) is 2.82. The highest BCUT2D eigenvalue weighted by molar-refractivity contribution is 5.80. The SMILES string of the molecule is CCCc1c(C)[nH]c2ccc(C)cc2c1=O. The van der Waals surface area contributed by atoms with Crippen LogP contribution in [0.15, 0.2) is 23.0 Å². The lowest BCUT2D eigenvalue weighted by Crippen LogP contribution is -2.13. The lowest BCUT2D eigenvalue weighted by Gasteiger charge is -2.07. The second-order valence-corrected chi connectivity index (χ2v) is 4.36. The molecule has 84 valence electrons. The predicted octanol–water partition coefficient (Wildman–Crippen LogP) is 3.10. The van der Waals surface area contributed by atoms with E-state index >= 15 is 0 Å². The molecule has 2 rings (SSSR count). The van der Waals surface area contributed by atoms with Crippen LogP contribution in [-0.2, 0) is 6.42 Å². The first-order valence-electron chi connectivity index (χ1n) is 5.75. The van der Waals surface area contributed by atoms with E-state index in [-0.39, 0.29) is 5.43 Å². The molecule has 0 unspecified atom stereocenters. The van der Waals surface area contributed by atoms with E-state index in [9.17, 15) is 4.79 Å². The van der Waals surface area contributed by atoms with E-state index in [1.807, 2.05) is 32.0 Å². The van der Waals surface area contributed by atoms with Gasteiger partial charge in [-0.25, -0.2) is 0 Å². The average Bonchev–Trinajstić information content (AvgIpc) is 2.26. The molecule has 1 N–H and O–H groups in total. The van der Waals surface area contributed by atoms with Gasteiger partial charge in [0, 0.05) is 22.2 Å². The third-order valence-electron chi connectivity index (χ3n) is 2.97. The van der Waals surface area contributed by atoms with E-state index in [4.69, 9.17) is 0 Å². The van der Waals surface area contributed by atoms with Gasteiger partial charge in [0.1, 0.15) is 0 Å². The Balaban J connectivity index is 2.80. The van der Waals surface area contributed by atoms with Gasteiger partial charge in [0.2, 0.25) is 0 Å². The first-order valence-corrected chi connectivity index (χ1v) is 5.75. The summed E-state index contributed by atoms with van der Waals surface area (Å²) in [5.74, 6) is 0. The standard InChI is InChI=1S/C14H17NO/c1-4-5-11-10(3)15-13-7-6-9(2)8-12(13)14(11)16/h6-8H,4-5H2,1-3H3,(H,15,16). The van der Waals surface area contributed by atoms with Gasteiger partial charge < -0.3 is 4.98 Å². The Hall–Kier alpha value is -1.57. The molecule has 16 heavy (non-hydrogen) atoms. The molecular weight excluding hydrogens is 198 g/mol. The number of rotatable bonds is 2. The van der Waals surface area contributed by atoms with E-state index in [0.29, 0.717) is 0 Å². The third kappa shape index (κ3) is 1.75. The molecule has 0 saturated heterocycles. The Morgan fingerprint density at radius 1 is 1.25 bits per heavy atom. The van der Waals surface area contributed by atoms with Crippen molar-refractivity contribution in [2.24, 2.45) is 0 Å². The fourth-order valence-corrected chi connectivity index (χ4v) is 2.12. The van der Waals surface area contributed by atoms with Crippen molar-refractivity contribution in [3.63, 3.8) is 0 Å². The van der Waals surface area contributed by atoms with Crippen LogP contribution in [0.4, 0.5) is 0 Å². The normalized spacial score (nSPS) is 10.9. The molecule has 0 fully saturated rings. The summed E-state index contributed by atoms with van der Waals surface area (Å²) in [4.78, 5) is 15.6. The maximum absolute atomic E-state index is 12.3. The zero-order chi connectivity index (χ0) is 11.7. The largest absolute Gasteiger partial charge is 0.358 e. The van der Waals surface area contributed by atoms with Crippen molar-refractivity contribution >= 4 is 10.9 Å². The van der Waals surface area contributed by atoms with Crippen molar-refractivity contribution in [2.75, 3.05) is 0 Å². The number of benzene rings is 1. The monoisotopic (exact) mass is 215 g/mol. The van der Waals surface area contributed by atoms with Gasteiger partial charge in [-0.05, 0) is 32.4 Å². The van der Waals surface area contributed by atoms with Crippen LogP contribution in [0.2, 0.25) is 0 Å². The molecular formula is C14H17NO. The number of pyridine rings is 1. The Bertz CT molecular complexity index is 581. The highest BCUT2D eigenvalue weighted by atomic mass is 16.1. The minimum Gasteiger partial charge on any atom is -0.358 e. The summed E-state index contributed by atoms with van der Waals surface area (Å²) in [7, 11) is 0. The smallest absolute Gasteiger partial charge is 0.192 e. The maximum Gasteiger partial charge on any atom is 0.192 e. The summed E-state index contributed by atoms with van der Waals surface area (Å²) in [6.07, 6.45) is 1.85. The minimum atomic E-state index is 0.191. The zero-order valence-electron chi connectivity index (χ0n) is 10.1. The summed E-state index contributed by atoms with van der Waals surface area (Å²) >= 11 is 0. The fraction of sp³-hybridized carbons (Fsp3) is 0.357. The average molecular weight is 215 g/mol. The number of fused-ring (bicyclic) bond motifs is 1. The number of hydrogen-bond donors (Lipinski definition) is 1. The molecule has 2 nitrogen and oxygen atoms in total. The molecule has 0 aliphatic heterocycles. The van der Waals surface area contributed by atoms with E-state index in [1.165, 1.54) is 0 Å². The van der Waals surface area contributed by atoms with Gasteiger partial charge in [-0.15, -0.1) is 0 Å². The molecule has 0 radical (unpaired) electrons. The minimum absolute atomic E-state index is 0.191.